The highest BCUT2D eigenvalue weighted by atomic mass is 32.1. The molecule has 0 aliphatic heterocycles. The van der Waals surface area contributed by atoms with Gasteiger partial charge in [0.2, 0.25) is 0 Å². The molecule has 1 rings (SSSR count). The van der Waals surface area contributed by atoms with Gasteiger partial charge in [0, 0.05) is 6.04 Å². The zero-order chi connectivity index (χ0) is 12.8. The van der Waals surface area contributed by atoms with Crippen molar-refractivity contribution in [1.82, 2.24) is 9.97 Å². The number of aromatic nitrogens is 2. The molecule has 1 aromatic rings. The van der Waals surface area contributed by atoms with Crippen LogP contribution in [0.1, 0.15) is 39.3 Å². The van der Waals surface area contributed by atoms with Gasteiger partial charge in [0.15, 0.2) is 0 Å². The molecule has 0 saturated carbocycles. The fourth-order valence-electron chi connectivity index (χ4n) is 1.88. The number of hydrogen-bond donors (Lipinski definition) is 2. The molecule has 4 nitrogen and oxygen atoms in total. The lowest BCUT2D eigenvalue weighted by atomic mass is 9.96. The lowest BCUT2D eigenvalue weighted by Gasteiger charge is -2.22. The summed E-state index contributed by atoms with van der Waals surface area (Å²) in [7, 11) is 0. The first-order chi connectivity index (χ1) is 8.08. The highest BCUT2D eigenvalue weighted by Crippen LogP contribution is 2.16. The monoisotopic (exact) mass is 252 g/mol. The highest BCUT2D eigenvalue weighted by Gasteiger charge is 2.13. The normalized spacial score (nSPS) is 12.5. The molecular weight excluding hydrogens is 232 g/mol. The van der Waals surface area contributed by atoms with Crippen molar-refractivity contribution < 1.29 is 0 Å². The maximum Gasteiger partial charge on any atom is 0.144 e. The number of thiocarbonyl (C=S) groups is 1. The summed E-state index contributed by atoms with van der Waals surface area (Å²) in [5.41, 5.74) is 6.02. The number of nitrogens with two attached hydrogens (primary N) is 1. The van der Waals surface area contributed by atoms with Crippen LogP contribution in [0.5, 0.6) is 0 Å². The van der Waals surface area contributed by atoms with Gasteiger partial charge >= 0.3 is 0 Å². The highest BCUT2D eigenvalue weighted by molar-refractivity contribution is 7.80. The van der Waals surface area contributed by atoms with Crippen molar-refractivity contribution in [3.8, 4) is 0 Å². The van der Waals surface area contributed by atoms with Crippen LogP contribution < -0.4 is 11.1 Å². The van der Waals surface area contributed by atoms with Crippen LogP contribution >= 0.6 is 12.2 Å². The van der Waals surface area contributed by atoms with Gasteiger partial charge in [-0.3, -0.25) is 0 Å². The molecule has 0 aromatic carbocycles. The Hall–Kier alpha value is -1.23. The summed E-state index contributed by atoms with van der Waals surface area (Å²) in [5, 5.41) is 3.35. The average molecular weight is 252 g/mol. The van der Waals surface area contributed by atoms with Gasteiger partial charge in [-0.15, -0.1) is 0 Å². The molecule has 0 fully saturated rings. The molecular formula is C12H20N4S. The van der Waals surface area contributed by atoms with Crippen molar-refractivity contribution in [3.05, 3.63) is 18.1 Å². The van der Waals surface area contributed by atoms with Crippen LogP contribution in [-0.2, 0) is 0 Å². The largest absolute Gasteiger partial charge is 0.388 e. The SMILES string of the molecule is CCC(CC)C(C)Nc1cnc(C(N)=S)cn1. The summed E-state index contributed by atoms with van der Waals surface area (Å²) in [6.07, 6.45) is 5.59. The van der Waals surface area contributed by atoms with E-state index in [2.05, 4.69) is 36.1 Å². The van der Waals surface area contributed by atoms with Gasteiger partial charge in [-0.1, -0.05) is 38.9 Å². The molecule has 0 aliphatic rings. The van der Waals surface area contributed by atoms with Crippen molar-refractivity contribution in [3.63, 3.8) is 0 Å². The van der Waals surface area contributed by atoms with E-state index in [1.807, 2.05) is 0 Å². The molecule has 0 radical (unpaired) electrons. The summed E-state index contributed by atoms with van der Waals surface area (Å²) < 4.78 is 0. The molecule has 1 atom stereocenters. The number of hydrogen-bond acceptors (Lipinski definition) is 4. The van der Waals surface area contributed by atoms with Crippen LogP contribution in [0.2, 0.25) is 0 Å². The van der Waals surface area contributed by atoms with Gasteiger partial charge in [0.1, 0.15) is 16.5 Å². The third-order valence-corrected chi connectivity index (χ3v) is 3.24. The van der Waals surface area contributed by atoms with Crippen LogP contribution in [-0.4, -0.2) is 21.0 Å². The third kappa shape index (κ3) is 3.93. The molecule has 0 bridgehead atoms. The van der Waals surface area contributed by atoms with E-state index < -0.39 is 0 Å². The Morgan fingerprint density at radius 1 is 1.35 bits per heavy atom. The molecule has 0 aliphatic carbocycles. The maximum atomic E-state index is 5.46. The van der Waals surface area contributed by atoms with E-state index in [0.717, 1.165) is 18.7 Å². The van der Waals surface area contributed by atoms with E-state index >= 15 is 0 Å². The molecule has 17 heavy (non-hydrogen) atoms. The molecule has 3 N–H and O–H groups in total. The predicted molar refractivity (Wildman–Crippen MR) is 75.1 cm³/mol. The third-order valence-electron chi connectivity index (χ3n) is 3.04. The van der Waals surface area contributed by atoms with Gasteiger partial charge in [0.05, 0.1) is 12.4 Å². The second-order valence-electron chi connectivity index (χ2n) is 4.16. The van der Waals surface area contributed by atoms with Gasteiger partial charge in [0.25, 0.3) is 0 Å². The molecule has 0 saturated heterocycles. The predicted octanol–water partition coefficient (Wildman–Crippen LogP) is 2.35. The Balaban J connectivity index is 2.65. The van der Waals surface area contributed by atoms with E-state index in [1.54, 1.807) is 12.4 Å². The van der Waals surface area contributed by atoms with Gasteiger partial charge in [-0.25, -0.2) is 9.97 Å². The number of nitrogens with zero attached hydrogens (tertiary/aromatic N) is 2. The van der Waals surface area contributed by atoms with E-state index in [4.69, 9.17) is 18.0 Å². The summed E-state index contributed by atoms with van der Waals surface area (Å²) in [5.74, 6) is 1.41. The standard InChI is InChI=1S/C12H20N4S/c1-4-9(5-2)8(3)16-11-7-14-10(6-15-11)12(13)17/h6-9H,4-5H2,1-3H3,(H2,13,17)(H,15,16). The summed E-state index contributed by atoms with van der Waals surface area (Å²) >= 11 is 4.83. The molecule has 1 aromatic heterocycles. The van der Waals surface area contributed by atoms with E-state index in [-0.39, 0.29) is 4.99 Å². The molecule has 0 amide bonds. The van der Waals surface area contributed by atoms with E-state index in [1.165, 1.54) is 0 Å². The molecule has 1 unspecified atom stereocenters. The fraction of sp³-hybridized carbons (Fsp3) is 0.583. The first-order valence-corrected chi connectivity index (χ1v) is 6.37. The number of rotatable bonds is 6. The van der Waals surface area contributed by atoms with Crippen molar-refractivity contribution >= 4 is 23.0 Å². The summed E-state index contributed by atoms with van der Waals surface area (Å²) in [4.78, 5) is 8.68. The Bertz CT molecular complexity index is 359. The minimum atomic E-state index is 0.275. The van der Waals surface area contributed by atoms with E-state index in [9.17, 15) is 0 Å². The Labute approximate surface area is 108 Å². The van der Waals surface area contributed by atoms with Gasteiger partial charge in [-0.05, 0) is 12.8 Å². The minimum absolute atomic E-state index is 0.275. The van der Waals surface area contributed by atoms with Crippen LogP contribution in [0, 0.1) is 5.92 Å². The van der Waals surface area contributed by atoms with Gasteiger partial charge < -0.3 is 11.1 Å². The van der Waals surface area contributed by atoms with Crippen LogP contribution in [0.4, 0.5) is 5.82 Å². The van der Waals surface area contributed by atoms with Crippen LogP contribution in [0.25, 0.3) is 0 Å². The van der Waals surface area contributed by atoms with Crippen LogP contribution in [0.3, 0.4) is 0 Å². The van der Waals surface area contributed by atoms with Gasteiger partial charge in [-0.2, -0.15) is 0 Å². The molecule has 5 heteroatoms. The quantitative estimate of drug-likeness (QED) is 0.761. The zero-order valence-electron chi connectivity index (χ0n) is 10.6. The van der Waals surface area contributed by atoms with Crippen molar-refractivity contribution in [2.75, 3.05) is 5.32 Å². The molecule has 1 heterocycles. The Morgan fingerprint density at radius 2 is 2.00 bits per heavy atom. The Kier molecular flexibility index (Phi) is 5.28. The van der Waals surface area contributed by atoms with Crippen molar-refractivity contribution in [2.45, 2.75) is 39.7 Å². The molecule has 0 spiro atoms. The number of nitrogens with one attached hydrogen (secondary N) is 1. The second-order valence-corrected chi connectivity index (χ2v) is 4.60. The smallest absolute Gasteiger partial charge is 0.144 e. The lowest BCUT2D eigenvalue weighted by molar-refractivity contribution is 0.437. The van der Waals surface area contributed by atoms with Crippen molar-refractivity contribution in [1.29, 1.82) is 0 Å². The number of anilines is 1. The van der Waals surface area contributed by atoms with E-state index in [0.29, 0.717) is 17.7 Å². The fourth-order valence-corrected chi connectivity index (χ4v) is 1.98. The summed E-state index contributed by atoms with van der Waals surface area (Å²) in [6.45, 7) is 6.57. The minimum Gasteiger partial charge on any atom is -0.388 e. The zero-order valence-corrected chi connectivity index (χ0v) is 11.4. The lowest BCUT2D eigenvalue weighted by Crippen LogP contribution is -2.25. The first kappa shape index (κ1) is 13.8. The first-order valence-electron chi connectivity index (χ1n) is 5.96. The van der Waals surface area contributed by atoms with Crippen LogP contribution in [0.15, 0.2) is 12.4 Å². The topological polar surface area (TPSA) is 63.8 Å². The molecule has 94 valence electrons. The Morgan fingerprint density at radius 3 is 2.41 bits per heavy atom. The van der Waals surface area contributed by atoms with Crippen molar-refractivity contribution in [2.24, 2.45) is 11.7 Å². The maximum absolute atomic E-state index is 5.46. The summed E-state index contributed by atoms with van der Waals surface area (Å²) in [6, 6.07) is 0.384. The second kappa shape index (κ2) is 6.49. The average Bonchev–Trinajstić information content (AvgIpc) is 2.31.